The first-order valence-corrected chi connectivity index (χ1v) is 8.73. The monoisotopic (exact) mass is 350 g/mol. The van der Waals surface area contributed by atoms with Gasteiger partial charge in [0, 0.05) is 12.0 Å². The van der Waals surface area contributed by atoms with Crippen LogP contribution in [0.15, 0.2) is 30.3 Å². The minimum absolute atomic E-state index is 0.169. The second-order valence-electron chi connectivity index (χ2n) is 5.75. The number of fused-ring (bicyclic) bond motifs is 1. The molecule has 0 saturated carbocycles. The number of halogens is 2. The third-order valence-electron chi connectivity index (χ3n) is 4.27. The van der Waals surface area contributed by atoms with Gasteiger partial charge < -0.3 is 14.8 Å². The fraction of sp³-hybridized carbons (Fsp3) is 0.368. The van der Waals surface area contributed by atoms with E-state index in [-0.39, 0.29) is 11.9 Å². The van der Waals surface area contributed by atoms with Gasteiger partial charge in [-0.2, -0.15) is 0 Å². The minimum atomic E-state index is -0.275. The molecule has 1 heterocycles. The molecule has 5 heteroatoms. The lowest BCUT2D eigenvalue weighted by Crippen LogP contribution is -2.87. The molecule has 0 fully saturated rings. The molecule has 2 aromatic rings. The molecular formula is C19H22ClFNO2+. The first-order chi connectivity index (χ1) is 11.7. The first-order valence-electron chi connectivity index (χ1n) is 8.35. The Balaban J connectivity index is 2.11. The first kappa shape index (κ1) is 17.1. The highest BCUT2D eigenvalue weighted by Crippen LogP contribution is 2.38. The van der Waals surface area contributed by atoms with Crippen LogP contribution in [0.1, 0.15) is 36.6 Å². The van der Waals surface area contributed by atoms with E-state index in [2.05, 4.69) is 5.32 Å². The van der Waals surface area contributed by atoms with Gasteiger partial charge in [-0.25, -0.2) is 4.39 Å². The molecule has 0 spiro atoms. The zero-order valence-electron chi connectivity index (χ0n) is 13.9. The van der Waals surface area contributed by atoms with Gasteiger partial charge in [0.05, 0.1) is 30.3 Å². The molecule has 0 saturated heterocycles. The molecule has 2 aromatic carbocycles. The maximum Gasteiger partial charge on any atom is 0.161 e. The Labute approximate surface area is 146 Å². The number of benzene rings is 2. The van der Waals surface area contributed by atoms with Crippen molar-refractivity contribution in [2.75, 3.05) is 19.8 Å². The van der Waals surface area contributed by atoms with Gasteiger partial charge in [-0.1, -0.05) is 17.7 Å². The summed E-state index contributed by atoms with van der Waals surface area (Å²) in [5.41, 5.74) is 2.74. The third kappa shape index (κ3) is 3.21. The molecule has 3 nitrogen and oxygen atoms in total. The van der Waals surface area contributed by atoms with Crippen LogP contribution in [0.2, 0.25) is 5.02 Å². The molecule has 2 N–H and O–H groups in total. The Hall–Kier alpha value is -1.78. The van der Waals surface area contributed by atoms with Gasteiger partial charge >= 0.3 is 0 Å². The Morgan fingerprint density at radius 3 is 2.54 bits per heavy atom. The average molecular weight is 351 g/mol. The van der Waals surface area contributed by atoms with Crippen molar-refractivity contribution in [3.63, 3.8) is 0 Å². The van der Waals surface area contributed by atoms with Crippen molar-refractivity contribution < 1.29 is 19.2 Å². The normalized spacial score (nSPS) is 16.6. The van der Waals surface area contributed by atoms with Gasteiger partial charge in [0.1, 0.15) is 11.9 Å². The maximum atomic E-state index is 14.4. The number of ether oxygens (including phenoxy) is 2. The van der Waals surface area contributed by atoms with Crippen molar-refractivity contribution >= 4 is 11.6 Å². The highest BCUT2D eigenvalue weighted by molar-refractivity contribution is 6.31. The quantitative estimate of drug-likeness (QED) is 0.896. The molecule has 1 atom stereocenters. The Kier molecular flexibility index (Phi) is 5.27. The van der Waals surface area contributed by atoms with Crippen LogP contribution in [0, 0.1) is 5.82 Å². The molecule has 0 amide bonds. The van der Waals surface area contributed by atoms with Crippen molar-refractivity contribution in [1.82, 2.24) is 0 Å². The van der Waals surface area contributed by atoms with Crippen molar-refractivity contribution in [3.05, 3.63) is 57.9 Å². The molecule has 1 aliphatic rings. The molecule has 0 aromatic heterocycles. The molecule has 24 heavy (non-hydrogen) atoms. The Morgan fingerprint density at radius 1 is 1.17 bits per heavy atom. The summed E-state index contributed by atoms with van der Waals surface area (Å²) < 4.78 is 25.9. The van der Waals surface area contributed by atoms with E-state index in [0.717, 1.165) is 29.8 Å². The van der Waals surface area contributed by atoms with Crippen molar-refractivity contribution in [2.24, 2.45) is 0 Å². The lowest BCUT2D eigenvalue weighted by molar-refractivity contribution is -0.690. The van der Waals surface area contributed by atoms with Crippen LogP contribution in [0.5, 0.6) is 11.5 Å². The van der Waals surface area contributed by atoms with Crippen molar-refractivity contribution in [1.29, 1.82) is 0 Å². The number of rotatable bonds is 5. The van der Waals surface area contributed by atoms with Crippen LogP contribution in [-0.2, 0) is 6.42 Å². The molecule has 128 valence electrons. The van der Waals surface area contributed by atoms with E-state index in [9.17, 15) is 4.39 Å². The summed E-state index contributed by atoms with van der Waals surface area (Å²) in [6.07, 6.45) is 0.907. The SMILES string of the molecule is CCOc1cc2c(cc1OCC)[C@@H](c1c(F)cccc1Cl)[NH2+]CC2. The molecule has 1 aliphatic heterocycles. The van der Waals surface area contributed by atoms with Gasteiger partial charge in [-0.15, -0.1) is 0 Å². The molecule has 0 radical (unpaired) electrons. The lowest BCUT2D eigenvalue weighted by atomic mass is 9.89. The highest BCUT2D eigenvalue weighted by atomic mass is 35.5. The van der Waals surface area contributed by atoms with E-state index >= 15 is 0 Å². The average Bonchev–Trinajstić information content (AvgIpc) is 2.56. The fourth-order valence-electron chi connectivity index (χ4n) is 3.27. The topological polar surface area (TPSA) is 35.1 Å². The summed E-state index contributed by atoms with van der Waals surface area (Å²) >= 11 is 6.30. The fourth-order valence-corrected chi connectivity index (χ4v) is 3.55. The Bertz CT molecular complexity index is 715. The predicted molar refractivity (Wildman–Crippen MR) is 92.5 cm³/mol. The number of hydrogen-bond donors (Lipinski definition) is 1. The largest absolute Gasteiger partial charge is 0.490 e. The van der Waals surface area contributed by atoms with Crippen LogP contribution in [0.25, 0.3) is 0 Å². The van der Waals surface area contributed by atoms with Crippen LogP contribution < -0.4 is 14.8 Å². The van der Waals surface area contributed by atoms with E-state index in [4.69, 9.17) is 21.1 Å². The van der Waals surface area contributed by atoms with E-state index in [0.29, 0.717) is 29.5 Å². The standard InChI is InChI=1S/C19H21ClFNO2/c1-3-23-16-10-12-8-9-22-19(13(12)11-17(16)24-4-2)18-14(20)6-5-7-15(18)21/h5-7,10-11,19,22H,3-4,8-9H2,1-2H3/p+1/t19-/m0/s1. The molecule has 3 rings (SSSR count). The molecule has 0 aliphatic carbocycles. The summed E-state index contributed by atoms with van der Waals surface area (Å²) in [5, 5.41) is 2.58. The lowest BCUT2D eigenvalue weighted by Gasteiger charge is -2.26. The van der Waals surface area contributed by atoms with Crippen LogP contribution in [-0.4, -0.2) is 19.8 Å². The molecule has 0 bridgehead atoms. The van der Waals surface area contributed by atoms with Gasteiger partial charge in [0.2, 0.25) is 0 Å². The minimum Gasteiger partial charge on any atom is -0.490 e. The maximum absolute atomic E-state index is 14.4. The highest BCUT2D eigenvalue weighted by Gasteiger charge is 2.30. The second-order valence-corrected chi connectivity index (χ2v) is 6.16. The summed E-state index contributed by atoms with van der Waals surface area (Å²) in [5.74, 6) is 1.17. The zero-order valence-corrected chi connectivity index (χ0v) is 14.7. The second kappa shape index (κ2) is 7.41. The number of nitrogens with two attached hydrogens (primary N) is 1. The van der Waals surface area contributed by atoms with Gasteiger partial charge in [-0.3, -0.25) is 0 Å². The van der Waals surface area contributed by atoms with Crippen molar-refractivity contribution in [3.8, 4) is 11.5 Å². The zero-order chi connectivity index (χ0) is 17.1. The van der Waals surface area contributed by atoms with E-state index in [1.54, 1.807) is 12.1 Å². The van der Waals surface area contributed by atoms with Crippen LogP contribution in [0.4, 0.5) is 4.39 Å². The van der Waals surface area contributed by atoms with E-state index in [1.165, 1.54) is 6.07 Å². The van der Waals surface area contributed by atoms with Gasteiger partial charge in [0.15, 0.2) is 11.5 Å². The van der Waals surface area contributed by atoms with Crippen LogP contribution in [0.3, 0.4) is 0 Å². The van der Waals surface area contributed by atoms with E-state index in [1.807, 2.05) is 26.0 Å². The van der Waals surface area contributed by atoms with E-state index < -0.39 is 0 Å². The molecular weight excluding hydrogens is 329 g/mol. The van der Waals surface area contributed by atoms with Crippen LogP contribution >= 0.6 is 11.6 Å². The predicted octanol–water partition coefficient (Wildman–Crippen LogP) is 3.49. The smallest absolute Gasteiger partial charge is 0.161 e. The summed E-state index contributed by atoms with van der Waals surface area (Å²) in [4.78, 5) is 0. The number of quaternary nitrogens is 1. The summed E-state index contributed by atoms with van der Waals surface area (Å²) in [7, 11) is 0. The summed E-state index contributed by atoms with van der Waals surface area (Å²) in [6, 6.07) is 8.67. The summed E-state index contributed by atoms with van der Waals surface area (Å²) in [6.45, 7) is 5.89. The Morgan fingerprint density at radius 2 is 1.88 bits per heavy atom. The number of hydrogen-bond acceptors (Lipinski definition) is 2. The molecule has 0 unspecified atom stereocenters. The third-order valence-corrected chi connectivity index (χ3v) is 4.60. The van der Waals surface area contributed by atoms with Crippen molar-refractivity contribution in [2.45, 2.75) is 26.3 Å². The van der Waals surface area contributed by atoms with Gasteiger partial charge in [-0.05, 0) is 43.7 Å². The van der Waals surface area contributed by atoms with Gasteiger partial charge in [0.25, 0.3) is 0 Å².